The highest BCUT2D eigenvalue weighted by Gasteiger charge is 2.29. The zero-order valence-electron chi connectivity index (χ0n) is 12.4. The minimum absolute atomic E-state index is 0.586. The Morgan fingerprint density at radius 1 is 0.875 bits per heavy atom. The van der Waals surface area contributed by atoms with E-state index >= 15 is 0 Å². The minimum Gasteiger partial charge on any atom is -0.313 e. The molecule has 24 heavy (non-hydrogen) atoms. The Bertz CT molecular complexity index is 730. The second-order valence-electron chi connectivity index (χ2n) is 4.43. The van der Waals surface area contributed by atoms with Gasteiger partial charge in [-0.2, -0.15) is 0 Å². The van der Waals surface area contributed by atoms with Gasteiger partial charge in [0.2, 0.25) is 5.69 Å². The minimum atomic E-state index is -1.00. The van der Waals surface area contributed by atoms with Gasteiger partial charge in [0.15, 0.2) is 0 Å². The predicted molar refractivity (Wildman–Crippen MR) is 85.4 cm³/mol. The summed E-state index contributed by atoms with van der Waals surface area (Å²) < 4.78 is 0. The number of nitrogens with two attached hydrogens (primary N) is 1. The van der Waals surface area contributed by atoms with Crippen molar-refractivity contribution in [1.82, 2.24) is 0 Å². The van der Waals surface area contributed by atoms with Crippen molar-refractivity contribution in [3.05, 3.63) is 78.4 Å². The Labute approximate surface area is 135 Å². The molecule has 0 fully saturated rings. The van der Waals surface area contributed by atoms with Crippen molar-refractivity contribution in [2.24, 2.45) is 5.84 Å². The Morgan fingerprint density at radius 2 is 1.33 bits per heavy atom. The predicted octanol–water partition coefficient (Wildman–Crippen LogP) is 2.69. The van der Waals surface area contributed by atoms with Crippen LogP contribution in [0.2, 0.25) is 0 Å². The number of hydrogen-bond acceptors (Lipinski definition) is 8. The van der Waals surface area contributed by atoms with E-state index in [4.69, 9.17) is 5.84 Å². The summed E-state index contributed by atoms with van der Waals surface area (Å²) in [4.78, 5) is 28.7. The van der Waals surface area contributed by atoms with E-state index in [1.807, 2.05) is 18.2 Å². The lowest BCUT2D eigenvalue weighted by Crippen LogP contribution is -2.11. The molecule has 0 spiro atoms. The average Bonchev–Trinajstić information content (AvgIpc) is 2.54. The molecular weight excluding hydrogens is 322 g/mol. The van der Waals surface area contributed by atoms with Crippen molar-refractivity contribution in [3.63, 3.8) is 0 Å². The van der Waals surface area contributed by atoms with Gasteiger partial charge in [-0.3, -0.25) is 36.2 Å². The highest BCUT2D eigenvalue weighted by atomic mass is 16.6. The number of aryl methyl sites for hydroxylation is 1. The van der Waals surface area contributed by atoms with Crippen LogP contribution in [0.1, 0.15) is 5.56 Å². The zero-order chi connectivity index (χ0) is 18.3. The summed E-state index contributed by atoms with van der Waals surface area (Å²) in [5.41, 5.74) is 0.0762. The quantitative estimate of drug-likeness (QED) is 0.488. The summed E-state index contributed by atoms with van der Waals surface area (Å²) in [5.74, 6) is 4.92. The second-order valence-corrected chi connectivity index (χ2v) is 4.43. The number of nitro benzene ring substituents is 3. The maximum atomic E-state index is 10.6. The molecule has 0 aliphatic heterocycles. The monoisotopic (exact) mass is 335 g/mol. The standard InChI is InChI=1S/C7H8.C6H5N5O6/c1-7-5-3-2-4-6-7;7-8-6-4(10(14)15)1-3(9(12)13)2-5(6)11(16)17/h2-6H,1H3;1-2,8H,7H2. The first-order valence-corrected chi connectivity index (χ1v) is 6.37. The first kappa shape index (κ1) is 18.4. The summed E-state index contributed by atoms with van der Waals surface area (Å²) in [5, 5.41) is 31.6. The largest absolute Gasteiger partial charge is 0.313 e. The van der Waals surface area contributed by atoms with Crippen molar-refractivity contribution in [1.29, 1.82) is 0 Å². The number of nitro groups is 3. The van der Waals surface area contributed by atoms with E-state index in [-0.39, 0.29) is 0 Å². The van der Waals surface area contributed by atoms with Crippen molar-refractivity contribution < 1.29 is 14.8 Å². The number of benzene rings is 2. The van der Waals surface area contributed by atoms with Crippen LogP contribution in [0.3, 0.4) is 0 Å². The van der Waals surface area contributed by atoms with E-state index in [2.05, 4.69) is 19.1 Å². The van der Waals surface area contributed by atoms with E-state index in [9.17, 15) is 30.3 Å². The lowest BCUT2D eigenvalue weighted by molar-refractivity contribution is -0.401. The zero-order valence-corrected chi connectivity index (χ0v) is 12.4. The number of hydrazine groups is 1. The smallest absolute Gasteiger partial charge is 0.307 e. The molecule has 0 aliphatic carbocycles. The van der Waals surface area contributed by atoms with Gasteiger partial charge in [-0.25, -0.2) is 0 Å². The summed E-state index contributed by atoms with van der Waals surface area (Å²) in [6.07, 6.45) is 0. The molecule has 2 aromatic carbocycles. The van der Waals surface area contributed by atoms with Crippen LogP contribution >= 0.6 is 0 Å². The lowest BCUT2D eigenvalue weighted by Gasteiger charge is -2.02. The molecule has 0 aliphatic rings. The normalized spacial score (nSPS) is 9.42. The van der Waals surface area contributed by atoms with E-state index in [0.717, 1.165) is 0 Å². The van der Waals surface area contributed by atoms with Gasteiger partial charge in [-0.1, -0.05) is 35.9 Å². The van der Waals surface area contributed by atoms with Gasteiger partial charge in [0, 0.05) is 0 Å². The molecule has 11 nitrogen and oxygen atoms in total. The number of non-ortho nitro benzene ring substituents is 1. The van der Waals surface area contributed by atoms with E-state index < -0.39 is 37.5 Å². The Morgan fingerprint density at radius 3 is 1.58 bits per heavy atom. The maximum Gasteiger partial charge on any atom is 0.307 e. The molecule has 0 unspecified atom stereocenters. The summed E-state index contributed by atoms with van der Waals surface area (Å²) in [6, 6.07) is 11.4. The van der Waals surface area contributed by atoms with Crippen molar-refractivity contribution in [2.75, 3.05) is 5.43 Å². The van der Waals surface area contributed by atoms with Crippen molar-refractivity contribution >= 4 is 22.7 Å². The van der Waals surface area contributed by atoms with Gasteiger partial charge in [0.25, 0.3) is 5.69 Å². The van der Waals surface area contributed by atoms with E-state index in [1.54, 1.807) is 5.43 Å². The molecule has 0 bridgehead atoms. The molecule has 0 atom stereocenters. The van der Waals surface area contributed by atoms with E-state index in [1.165, 1.54) is 5.56 Å². The van der Waals surface area contributed by atoms with E-state index in [0.29, 0.717) is 12.1 Å². The Hall–Kier alpha value is -3.60. The van der Waals surface area contributed by atoms with Crippen LogP contribution in [0.5, 0.6) is 0 Å². The molecule has 3 N–H and O–H groups in total. The molecule has 2 rings (SSSR count). The molecule has 0 heterocycles. The van der Waals surface area contributed by atoms with Crippen LogP contribution in [-0.4, -0.2) is 14.8 Å². The average molecular weight is 335 g/mol. The highest BCUT2D eigenvalue weighted by molar-refractivity contribution is 5.76. The molecule has 0 aromatic heterocycles. The van der Waals surface area contributed by atoms with Gasteiger partial charge in [0.05, 0.1) is 26.9 Å². The molecule has 2 aromatic rings. The van der Waals surface area contributed by atoms with Crippen molar-refractivity contribution in [3.8, 4) is 0 Å². The number of nitrogens with zero attached hydrogens (tertiary/aromatic N) is 3. The van der Waals surface area contributed by atoms with Crippen LogP contribution in [-0.2, 0) is 0 Å². The fourth-order valence-electron chi connectivity index (χ4n) is 1.67. The van der Waals surface area contributed by atoms with Gasteiger partial charge < -0.3 is 5.43 Å². The molecule has 0 saturated carbocycles. The number of nitrogens with one attached hydrogen (secondary N) is 1. The fourth-order valence-corrected chi connectivity index (χ4v) is 1.67. The summed E-state index contributed by atoms with van der Waals surface area (Å²) in [7, 11) is 0. The van der Waals surface area contributed by atoms with Crippen LogP contribution in [0.4, 0.5) is 22.7 Å². The Balaban J connectivity index is 0.000000341. The number of anilines is 1. The third-order valence-corrected chi connectivity index (χ3v) is 2.77. The fraction of sp³-hybridized carbons (Fsp3) is 0.0769. The molecule has 0 radical (unpaired) electrons. The number of hydrogen-bond donors (Lipinski definition) is 2. The highest BCUT2D eigenvalue weighted by Crippen LogP contribution is 2.37. The van der Waals surface area contributed by atoms with Crippen LogP contribution in [0, 0.1) is 37.3 Å². The third kappa shape index (κ3) is 4.71. The number of rotatable bonds is 4. The van der Waals surface area contributed by atoms with Gasteiger partial charge in [-0.05, 0) is 6.92 Å². The van der Waals surface area contributed by atoms with Crippen LogP contribution in [0.15, 0.2) is 42.5 Å². The van der Waals surface area contributed by atoms with Gasteiger partial charge in [-0.15, -0.1) is 0 Å². The summed E-state index contributed by atoms with van der Waals surface area (Å²) >= 11 is 0. The van der Waals surface area contributed by atoms with Crippen LogP contribution in [0.25, 0.3) is 0 Å². The first-order valence-electron chi connectivity index (χ1n) is 6.37. The molecule has 11 heteroatoms. The molecule has 126 valence electrons. The topological polar surface area (TPSA) is 167 Å². The van der Waals surface area contributed by atoms with Crippen LogP contribution < -0.4 is 11.3 Å². The summed E-state index contributed by atoms with van der Waals surface area (Å²) in [6.45, 7) is 2.08. The van der Waals surface area contributed by atoms with Gasteiger partial charge in [0.1, 0.15) is 0 Å². The lowest BCUT2D eigenvalue weighted by atomic mass is 10.2. The number of nitrogen functional groups attached to an aromatic ring is 1. The third-order valence-electron chi connectivity index (χ3n) is 2.77. The van der Waals surface area contributed by atoms with Gasteiger partial charge >= 0.3 is 11.4 Å². The first-order chi connectivity index (χ1) is 11.3. The van der Waals surface area contributed by atoms with Crippen molar-refractivity contribution in [2.45, 2.75) is 6.92 Å². The maximum absolute atomic E-state index is 10.6. The molecule has 0 saturated heterocycles. The SMILES string of the molecule is Cc1ccccc1.NNc1c([N+](=O)[O-])cc([N+](=O)[O-])cc1[N+](=O)[O-]. The Kier molecular flexibility index (Phi) is 6.26. The second kappa shape index (κ2) is 8.14. The molecular formula is C13H13N5O6. The molecule has 0 amide bonds.